The number of rotatable bonds is 7. The van der Waals surface area contributed by atoms with Gasteiger partial charge in [-0.2, -0.15) is 0 Å². The summed E-state index contributed by atoms with van der Waals surface area (Å²) < 4.78 is 7.24. The molecular weight excluding hydrogens is 214 g/mol. The average molecular weight is 232 g/mol. The molecule has 1 aromatic heterocycles. The van der Waals surface area contributed by atoms with Crippen LogP contribution in [0.15, 0.2) is 6.20 Å². The van der Waals surface area contributed by atoms with Crippen LogP contribution in [0, 0.1) is 0 Å². The second kappa shape index (κ2) is 6.80. The number of halogens is 1. The van der Waals surface area contributed by atoms with Crippen LogP contribution in [-0.2, 0) is 17.7 Å². The van der Waals surface area contributed by atoms with Crippen molar-refractivity contribution >= 4 is 11.6 Å². The minimum atomic E-state index is 0.268. The first kappa shape index (κ1) is 12.5. The van der Waals surface area contributed by atoms with E-state index in [2.05, 4.69) is 10.3 Å². The first-order valence-corrected chi connectivity index (χ1v) is 5.82. The molecule has 86 valence electrons. The van der Waals surface area contributed by atoms with E-state index in [1.807, 2.05) is 24.7 Å². The predicted molar refractivity (Wildman–Crippen MR) is 60.2 cm³/mol. The lowest BCUT2D eigenvalue weighted by Crippen LogP contribution is -2.10. The summed E-state index contributed by atoms with van der Waals surface area (Å²) >= 11 is 5.60. The quantitative estimate of drug-likeness (QED) is 0.673. The Morgan fingerprint density at radius 2 is 2.33 bits per heavy atom. The van der Waals surface area contributed by atoms with Gasteiger partial charge in [-0.3, -0.25) is 0 Å². The molecule has 0 amide bonds. The van der Waals surface area contributed by atoms with Gasteiger partial charge in [0.15, 0.2) is 0 Å². The molecule has 0 aliphatic heterocycles. The van der Waals surface area contributed by atoms with E-state index in [0.717, 1.165) is 25.1 Å². The SMILES string of the molecule is CC(C)OCCn1cc(CCCCl)nn1. The van der Waals surface area contributed by atoms with Crippen LogP contribution in [0.4, 0.5) is 0 Å². The van der Waals surface area contributed by atoms with Crippen LogP contribution in [0.1, 0.15) is 26.0 Å². The van der Waals surface area contributed by atoms with Gasteiger partial charge in [-0.25, -0.2) is 4.68 Å². The number of nitrogens with zero attached hydrogens (tertiary/aromatic N) is 3. The number of hydrogen-bond donors (Lipinski definition) is 0. The highest BCUT2D eigenvalue weighted by molar-refractivity contribution is 6.17. The Kier molecular flexibility index (Phi) is 5.65. The van der Waals surface area contributed by atoms with Crippen LogP contribution in [-0.4, -0.2) is 33.6 Å². The van der Waals surface area contributed by atoms with E-state index in [-0.39, 0.29) is 6.10 Å². The van der Waals surface area contributed by atoms with Crippen LogP contribution in [0.2, 0.25) is 0 Å². The highest BCUT2D eigenvalue weighted by Crippen LogP contribution is 1.99. The smallest absolute Gasteiger partial charge is 0.0827 e. The van der Waals surface area contributed by atoms with E-state index in [1.54, 1.807) is 0 Å². The van der Waals surface area contributed by atoms with Crippen molar-refractivity contribution in [2.45, 2.75) is 39.3 Å². The number of ether oxygens (including phenoxy) is 1. The van der Waals surface area contributed by atoms with Gasteiger partial charge in [-0.1, -0.05) is 5.21 Å². The predicted octanol–water partition coefficient (Wildman–Crippen LogP) is 1.87. The average Bonchev–Trinajstić information content (AvgIpc) is 2.62. The van der Waals surface area contributed by atoms with Gasteiger partial charge >= 0.3 is 0 Å². The van der Waals surface area contributed by atoms with Crippen LogP contribution in [0.5, 0.6) is 0 Å². The van der Waals surface area contributed by atoms with Gasteiger partial charge < -0.3 is 4.74 Å². The van der Waals surface area contributed by atoms with Gasteiger partial charge in [0.1, 0.15) is 0 Å². The second-order valence-corrected chi connectivity index (χ2v) is 4.06. The summed E-state index contributed by atoms with van der Waals surface area (Å²) in [6.07, 6.45) is 4.07. The lowest BCUT2D eigenvalue weighted by atomic mass is 10.3. The Bertz CT molecular complexity index is 275. The number of aryl methyl sites for hydroxylation is 1. The fourth-order valence-electron chi connectivity index (χ4n) is 1.19. The van der Waals surface area contributed by atoms with E-state index in [9.17, 15) is 0 Å². The number of alkyl halides is 1. The van der Waals surface area contributed by atoms with Crippen LogP contribution in [0.25, 0.3) is 0 Å². The maximum Gasteiger partial charge on any atom is 0.0827 e. The zero-order chi connectivity index (χ0) is 11.1. The lowest BCUT2D eigenvalue weighted by molar-refractivity contribution is 0.0707. The minimum Gasteiger partial charge on any atom is -0.377 e. The van der Waals surface area contributed by atoms with Crippen LogP contribution >= 0.6 is 11.6 Å². The molecule has 0 saturated heterocycles. The Labute approximate surface area is 95.6 Å². The third-order valence-electron chi connectivity index (χ3n) is 1.92. The lowest BCUT2D eigenvalue weighted by Gasteiger charge is -2.06. The third-order valence-corrected chi connectivity index (χ3v) is 2.19. The van der Waals surface area contributed by atoms with Crippen LogP contribution < -0.4 is 0 Å². The zero-order valence-electron chi connectivity index (χ0n) is 9.32. The summed E-state index contributed by atoms with van der Waals surface area (Å²) in [6.45, 7) is 5.47. The molecule has 0 aromatic carbocycles. The van der Waals surface area contributed by atoms with E-state index in [1.165, 1.54) is 0 Å². The zero-order valence-corrected chi connectivity index (χ0v) is 10.1. The van der Waals surface area contributed by atoms with Crippen molar-refractivity contribution in [2.75, 3.05) is 12.5 Å². The van der Waals surface area contributed by atoms with Gasteiger partial charge in [0.2, 0.25) is 0 Å². The van der Waals surface area contributed by atoms with Gasteiger partial charge in [-0.15, -0.1) is 16.7 Å². The summed E-state index contributed by atoms with van der Waals surface area (Å²) in [5.74, 6) is 0.670. The Balaban J connectivity index is 2.26. The molecule has 0 unspecified atom stereocenters. The molecule has 4 nitrogen and oxygen atoms in total. The van der Waals surface area contributed by atoms with E-state index >= 15 is 0 Å². The second-order valence-electron chi connectivity index (χ2n) is 3.69. The van der Waals surface area contributed by atoms with Crippen molar-refractivity contribution in [3.05, 3.63) is 11.9 Å². The van der Waals surface area contributed by atoms with Crippen molar-refractivity contribution in [2.24, 2.45) is 0 Å². The molecule has 0 aliphatic carbocycles. The van der Waals surface area contributed by atoms with Gasteiger partial charge in [0, 0.05) is 12.1 Å². The van der Waals surface area contributed by atoms with Gasteiger partial charge in [0.25, 0.3) is 0 Å². The fourth-order valence-corrected chi connectivity index (χ4v) is 1.33. The molecule has 0 radical (unpaired) electrons. The molecule has 0 atom stereocenters. The highest BCUT2D eigenvalue weighted by Gasteiger charge is 2.00. The maximum atomic E-state index is 5.60. The van der Waals surface area contributed by atoms with Crippen LogP contribution in [0.3, 0.4) is 0 Å². The Morgan fingerprint density at radius 3 is 3.00 bits per heavy atom. The molecule has 15 heavy (non-hydrogen) atoms. The molecule has 1 heterocycles. The molecule has 0 N–H and O–H groups in total. The molecule has 1 rings (SSSR count). The van der Waals surface area contributed by atoms with Gasteiger partial charge in [0.05, 0.1) is 24.9 Å². The Hall–Kier alpha value is -0.610. The Morgan fingerprint density at radius 1 is 1.53 bits per heavy atom. The molecular formula is C10H18ClN3O. The summed E-state index contributed by atoms with van der Waals surface area (Å²) in [7, 11) is 0. The fraction of sp³-hybridized carbons (Fsp3) is 0.800. The minimum absolute atomic E-state index is 0.268. The summed E-state index contributed by atoms with van der Waals surface area (Å²) in [4.78, 5) is 0. The van der Waals surface area contributed by atoms with E-state index in [0.29, 0.717) is 12.5 Å². The standard InChI is InChI=1S/C10H18ClN3O/c1-9(2)15-7-6-14-8-10(12-13-14)4-3-5-11/h8-9H,3-7H2,1-2H3. The summed E-state index contributed by atoms with van der Waals surface area (Å²) in [6, 6.07) is 0. The topological polar surface area (TPSA) is 39.9 Å². The molecule has 1 aromatic rings. The van der Waals surface area contributed by atoms with Gasteiger partial charge in [-0.05, 0) is 26.7 Å². The van der Waals surface area contributed by atoms with Crippen molar-refractivity contribution < 1.29 is 4.74 Å². The molecule has 5 heteroatoms. The third kappa shape index (κ3) is 5.14. The molecule has 0 fully saturated rings. The molecule has 0 spiro atoms. The molecule has 0 aliphatic rings. The molecule has 0 saturated carbocycles. The van der Waals surface area contributed by atoms with Crippen molar-refractivity contribution in [1.82, 2.24) is 15.0 Å². The number of hydrogen-bond acceptors (Lipinski definition) is 3. The van der Waals surface area contributed by atoms with Crippen molar-refractivity contribution in [3.63, 3.8) is 0 Å². The van der Waals surface area contributed by atoms with E-state index in [4.69, 9.17) is 16.3 Å². The first-order valence-electron chi connectivity index (χ1n) is 5.29. The monoisotopic (exact) mass is 231 g/mol. The largest absolute Gasteiger partial charge is 0.377 e. The maximum absolute atomic E-state index is 5.60. The van der Waals surface area contributed by atoms with E-state index < -0.39 is 0 Å². The summed E-state index contributed by atoms with van der Waals surface area (Å²) in [5.41, 5.74) is 1.00. The van der Waals surface area contributed by atoms with Crippen molar-refractivity contribution in [1.29, 1.82) is 0 Å². The normalized spacial score (nSPS) is 11.2. The highest BCUT2D eigenvalue weighted by atomic mass is 35.5. The number of aromatic nitrogens is 3. The molecule has 0 bridgehead atoms. The summed E-state index contributed by atoms with van der Waals surface area (Å²) in [5, 5.41) is 8.06. The van der Waals surface area contributed by atoms with Crippen molar-refractivity contribution in [3.8, 4) is 0 Å². The first-order chi connectivity index (χ1) is 7.22.